The van der Waals surface area contributed by atoms with Gasteiger partial charge in [0.2, 0.25) is 21.8 Å². The highest BCUT2D eigenvalue weighted by molar-refractivity contribution is 7.89. The Morgan fingerprint density at radius 3 is 2.38 bits per heavy atom. The van der Waals surface area contributed by atoms with E-state index in [1.165, 1.54) is 12.1 Å². The first kappa shape index (κ1) is 20.3. The minimum absolute atomic E-state index is 0.0149. The van der Waals surface area contributed by atoms with Crippen molar-refractivity contribution < 1.29 is 18.0 Å². The van der Waals surface area contributed by atoms with Gasteiger partial charge in [0.05, 0.1) is 18.0 Å². The average molecular weight is 382 g/mol. The number of likely N-dealkylation sites (tertiary alicyclic amines) is 1. The molecule has 1 aliphatic rings. The quantitative estimate of drug-likeness (QED) is 0.741. The van der Waals surface area contributed by atoms with Crippen LogP contribution in [0, 0.1) is 13.8 Å². The minimum Gasteiger partial charge on any atom is -0.342 e. The molecular weight excluding hydrogens is 356 g/mol. The van der Waals surface area contributed by atoms with Gasteiger partial charge in [0.1, 0.15) is 0 Å². The van der Waals surface area contributed by atoms with Gasteiger partial charge in [-0.2, -0.15) is 0 Å². The fourth-order valence-corrected chi connectivity index (χ4v) is 3.53. The lowest BCUT2D eigenvalue weighted by atomic mass is 10.1. The van der Waals surface area contributed by atoms with Crippen molar-refractivity contribution in [2.24, 2.45) is 5.14 Å². The number of benzene rings is 1. The monoisotopic (exact) mass is 382 g/mol. The Balaban J connectivity index is 2.00. The molecule has 0 aliphatic carbocycles. The van der Waals surface area contributed by atoms with Gasteiger partial charge in [-0.05, 0) is 57.0 Å². The second kappa shape index (κ2) is 8.15. The van der Waals surface area contributed by atoms with Crippen LogP contribution in [0.15, 0.2) is 17.0 Å². The average Bonchev–Trinajstić information content (AvgIpc) is 3.04. The highest BCUT2D eigenvalue weighted by Crippen LogP contribution is 2.23. The molecule has 0 unspecified atom stereocenters. The van der Waals surface area contributed by atoms with E-state index in [1.54, 1.807) is 30.7 Å². The zero-order valence-corrected chi connectivity index (χ0v) is 16.2. The highest BCUT2D eigenvalue weighted by Gasteiger charge is 2.20. The van der Waals surface area contributed by atoms with E-state index >= 15 is 0 Å². The van der Waals surface area contributed by atoms with Crippen LogP contribution in [0.3, 0.4) is 0 Å². The number of primary sulfonamides is 1. The van der Waals surface area contributed by atoms with E-state index in [-0.39, 0.29) is 29.8 Å². The number of amides is 2. The summed E-state index contributed by atoms with van der Waals surface area (Å²) in [6, 6.07) is 2.83. The molecule has 8 nitrogen and oxygen atoms in total. The summed E-state index contributed by atoms with van der Waals surface area (Å²) in [7, 11) is -2.16. The maximum Gasteiger partial charge on any atom is 0.238 e. The lowest BCUT2D eigenvalue weighted by molar-refractivity contribution is -0.131. The summed E-state index contributed by atoms with van der Waals surface area (Å²) in [6.45, 7) is 5.29. The van der Waals surface area contributed by atoms with Crippen molar-refractivity contribution in [3.05, 3.63) is 23.3 Å². The molecule has 1 aliphatic heterocycles. The molecule has 144 valence electrons. The first-order valence-corrected chi connectivity index (χ1v) is 10.0. The van der Waals surface area contributed by atoms with Gasteiger partial charge in [-0.1, -0.05) is 0 Å². The molecule has 1 saturated heterocycles. The van der Waals surface area contributed by atoms with Crippen molar-refractivity contribution in [2.75, 3.05) is 38.5 Å². The number of sulfonamides is 1. The summed E-state index contributed by atoms with van der Waals surface area (Å²) in [5, 5.41) is 7.89. The summed E-state index contributed by atoms with van der Waals surface area (Å²) in [5.41, 5.74) is 1.88. The molecule has 1 aromatic carbocycles. The Kier molecular flexibility index (Phi) is 6.38. The number of carbonyl (C=O) groups is 2. The van der Waals surface area contributed by atoms with E-state index in [9.17, 15) is 18.0 Å². The summed E-state index contributed by atoms with van der Waals surface area (Å²) >= 11 is 0. The topological polar surface area (TPSA) is 113 Å². The normalized spacial score (nSPS) is 14.7. The number of rotatable bonds is 6. The third kappa shape index (κ3) is 5.26. The van der Waals surface area contributed by atoms with Crippen molar-refractivity contribution in [3.8, 4) is 0 Å². The van der Waals surface area contributed by atoms with Crippen LogP contribution in [-0.4, -0.2) is 63.3 Å². The van der Waals surface area contributed by atoms with Crippen LogP contribution in [0.4, 0.5) is 5.69 Å². The van der Waals surface area contributed by atoms with Crippen LogP contribution in [0.2, 0.25) is 0 Å². The smallest absolute Gasteiger partial charge is 0.238 e. The minimum atomic E-state index is -3.86. The number of carbonyl (C=O) groups excluding carboxylic acids is 2. The number of nitrogens with one attached hydrogen (secondary N) is 1. The van der Waals surface area contributed by atoms with Crippen LogP contribution in [0.5, 0.6) is 0 Å². The van der Waals surface area contributed by atoms with E-state index in [1.807, 2.05) is 0 Å². The summed E-state index contributed by atoms with van der Waals surface area (Å²) in [5.74, 6) is -0.308. The van der Waals surface area contributed by atoms with Crippen molar-refractivity contribution in [1.29, 1.82) is 0 Å². The summed E-state index contributed by atoms with van der Waals surface area (Å²) in [4.78, 5) is 27.8. The first-order valence-electron chi connectivity index (χ1n) is 8.48. The second-order valence-electron chi connectivity index (χ2n) is 6.77. The van der Waals surface area contributed by atoms with Gasteiger partial charge in [-0.3, -0.25) is 14.5 Å². The SMILES string of the molecule is Cc1cc(S(N)(=O)=O)cc(NC(=O)CN(C)CC(=O)N2CCCC2)c1C. The molecule has 2 rings (SSSR count). The Bertz CT molecular complexity index is 801. The number of likely N-dealkylation sites (N-methyl/N-ethyl adjacent to an activating group) is 1. The molecule has 0 radical (unpaired) electrons. The molecule has 26 heavy (non-hydrogen) atoms. The molecule has 0 bridgehead atoms. The van der Waals surface area contributed by atoms with E-state index in [2.05, 4.69) is 5.32 Å². The maximum atomic E-state index is 12.3. The lowest BCUT2D eigenvalue weighted by Gasteiger charge is -2.21. The van der Waals surface area contributed by atoms with Gasteiger partial charge in [0.15, 0.2) is 0 Å². The maximum absolute atomic E-state index is 12.3. The number of nitrogens with two attached hydrogens (primary N) is 1. The molecule has 1 fully saturated rings. The van der Waals surface area contributed by atoms with Gasteiger partial charge in [-0.15, -0.1) is 0 Å². The Morgan fingerprint density at radius 1 is 1.19 bits per heavy atom. The molecule has 9 heteroatoms. The molecule has 0 atom stereocenters. The Labute approximate surface area is 154 Å². The largest absolute Gasteiger partial charge is 0.342 e. The molecule has 3 N–H and O–H groups in total. The van der Waals surface area contributed by atoms with Gasteiger partial charge >= 0.3 is 0 Å². The lowest BCUT2D eigenvalue weighted by Crippen LogP contribution is -2.40. The Morgan fingerprint density at radius 2 is 1.81 bits per heavy atom. The number of hydrogen-bond donors (Lipinski definition) is 2. The summed E-state index contributed by atoms with van der Waals surface area (Å²) in [6.07, 6.45) is 2.05. The van der Waals surface area contributed by atoms with Crippen LogP contribution in [-0.2, 0) is 19.6 Å². The van der Waals surface area contributed by atoms with E-state index in [0.29, 0.717) is 11.3 Å². The van der Waals surface area contributed by atoms with Gasteiger partial charge in [0.25, 0.3) is 0 Å². The van der Waals surface area contributed by atoms with Crippen molar-refractivity contribution >= 4 is 27.5 Å². The van der Waals surface area contributed by atoms with Crippen molar-refractivity contribution in [2.45, 2.75) is 31.6 Å². The highest BCUT2D eigenvalue weighted by atomic mass is 32.2. The zero-order chi connectivity index (χ0) is 19.5. The molecule has 1 aromatic rings. The first-order chi connectivity index (χ1) is 12.1. The fourth-order valence-electron chi connectivity index (χ4n) is 2.91. The number of hydrogen-bond acceptors (Lipinski definition) is 5. The van der Waals surface area contributed by atoms with Crippen LogP contribution in [0.25, 0.3) is 0 Å². The van der Waals surface area contributed by atoms with Crippen LogP contribution >= 0.6 is 0 Å². The second-order valence-corrected chi connectivity index (χ2v) is 8.33. The number of nitrogens with zero attached hydrogens (tertiary/aromatic N) is 2. The van der Waals surface area contributed by atoms with Gasteiger partial charge in [-0.25, -0.2) is 13.6 Å². The standard InChI is InChI=1S/C17H26N4O4S/c1-12-8-14(26(18,24)25)9-15(13(12)2)19-16(22)10-20(3)11-17(23)21-6-4-5-7-21/h8-9H,4-7,10-11H2,1-3H3,(H,19,22)(H2,18,24,25). The number of aryl methyl sites for hydroxylation is 1. The van der Waals surface area contributed by atoms with Crippen LogP contribution < -0.4 is 10.5 Å². The van der Waals surface area contributed by atoms with Gasteiger partial charge in [0, 0.05) is 18.8 Å². The molecule has 1 heterocycles. The Hall–Kier alpha value is -1.97. The van der Waals surface area contributed by atoms with E-state index < -0.39 is 10.0 Å². The predicted molar refractivity (Wildman–Crippen MR) is 99.2 cm³/mol. The van der Waals surface area contributed by atoms with Gasteiger partial charge < -0.3 is 10.2 Å². The van der Waals surface area contributed by atoms with E-state index in [4.69, 9.17) is 5.14 Å². The molecule has 2 amide bonds. The van der Waals surface area contributed by atoms with Crippen molar-refractivity contribution in [1.82, 2.24) is 9.80 Å². The summed E-state index contributed by atoms with van der Waals surface area (Å²) < 4.78 is 23.1. The predicted octanol–water partition coefficient (Wildman–Crippen LogP) is 0.444. The van der Waals surface area contributed by atoms with Crippen LogP contribution in [0.1, 0.15) is 24.0 Å². The number of anilines is 1. The van der Waals surface area contributed by atoms with Crippen molar-refractivity contribution in [3.63, 3.8) is 0 Å². The molecule has 0 aromatic heterocycles. The third-order valence-electron chi connectivity index (χ3n) is 4.52. The molecule has 0 spiro atoms. The zero-order valence-electron chi connectivity index (χ0n) is 15.4. The van der Waals surface area contributed by atoms with E-state index in [0.717, 1.165) is 31.5 Å². The molecule has 0 saturated carbocycles. The molecular formula is C17H26N4O4S. The third-order valence-corrected chi connectivity index (χ3v) is 5.41. The fraction of sp³-hybridized carbons (Fsp3) is 0.529.